The van der Waals surface area contributed by atoms with Crippen molar-refractivity contribution < 1.29 is 9.53 Å². The summed E-state index contributed by atoms with van der Waals surface area (Å²) in [4.78, 5) is 25.6. The van der Waals surface area contributed by atoms with E-state index in [4.69, 9.17) is 4.74 Å². The molecule has 1 aliphatic rings. The first-order valence-corrected chi connectivity index (χ1v) is 10.4. The Balaban J connectivity index is 1.62. The van der Waals surface area contributed by atoms with Crippen LogP contribution in [0.4, 0.5) is 0 Å². The van der Waals surface area contributed by atoms with Gasteiger partial charge in [0.15, 0.2) is 0 Å². The highest BCUT2D eigenvalue weighted by Gasteiger charge is 2.52. The summed E-state index contributed by atoms with van der Waals surface area (Å²) in [6, 6.07) is 10.4. The zero-order valence-electron chi connectivity index (χ0n) is 16.7. The van der Waals surface area contributed by atoms with Gasteiger partial charge in [0.2, 0.25) is 0 Å². The number of nitrogens with one attached hydrogen (secondary N) is 1. The number of aromatic nitrogens is 3. The van der Waals surface area contributed by atoms with Gasteiger partial charge < -0.3 is 9.72 Å². The lowest BCUT2D eigenvalue weighted by atomic mass is 9.91. The Kier molecular flexibility index (Phi) is 4.70. The number of ether oxygens (including phenoxy) is 1. The number of hydrogen-bond donors (Lipinski definition) is 1. The van der Waals surface area contributed by atoms with E-state index in [9.17, 15) is 4.79 Å². The van der Waals surface area contributed by atoms with E-state index in [0.717, 1.165) is 45.7 Å². The molecule has 146 valence electrons. The lowest BCUT2D eigenvalue weighted by Crippen LogP contribution is -2.21. The second kappa shape index (κ2) is 6.92. The van der Waals surface area contributed by atoms with Gasteiger partial charge in [0.25, 0.3) is 0 Å². The lowest BCUT2D eigenvalue weighted by molar-refractivity contribution is -0.143. The van der Waals surface area contributed by atoms with E-state index in [2.05, 4.69) is 60.0 Å². The van der Waals surface area contributed by atoms with Crippen molar-refractivity contribution in [3.05, 3.63) is 42.4 Å². The topological polar surface area (TPSA) is 67.9 Å². The first kappa shape index (κ1) is 19.0. The molecule has 0 spiro atoms. The third-order valence-electron chi connectivity index (χ3n) is 4.97. The molecule has 2 heterocycles. The van der Waals surface area contributed by atoms with Crippen molar-refractivity contribution in [2.24, 2.45) is 0 Å². The number of thioether (sulfide) groups is 1. The fourth-order valence-electron chi connectivity index (χ4n) is 3.18. The van der Waals surface area contributed by atoms with Crippen molar-refractivity contribution >= 4 is 28.6 Å². The molecule has 0 radical (unpaired) electrons. The minimum atomic E-state index is -0.392. The number of H-pyrrole nitrogens is 1. The maximum Gasteiger partial charge on any atom is 0.322 e. The van der Waals surface area contributed by atoms with Crippen LogP contribution in [0.1, 0.15) is 46.2 Å². The zero-order valence-corrected chi connectivity index (χ0v) is 17.5. The van der Waals surface area contributed by atoms with Crippen molar-refractivity contribution in [1.29, 1.82) is 0 Å². The largest absolute Gasteiger partial charge is 0.465 e. The lowest BCUT2D eigenvalue weighted by Gasteiger charge is -2.17. The molecule has 4 rings (SSSR count). The zero-order chi connectivity index (χ0) is 19.9. The van der Waals surface area contributed by atoms with Crippen molar-refractivity contribution in [3.63, 3.8) is 0 Å². The van der Waals surface area contributed by atoms with Gasteiger partial charge in [-0.3, -0.25) is 4.79 Å². The number of carbonyl (C=O) groups is 1. The maximum atomic E-state index is 12.2. The molecule has 0 bridgehead atoms. The second-order valence-electron chi connectivity index (χ2n) is 8.29. The molecule has 0 aliphatic heterocycles. The average molecular weight is 396 g/mol. The average Bonchev–Trinajstić information content (AvgIpc) is 3.31. The minimum Gasteiger partial charge on any atom is -0.465 e. The third kappa shape index (κ3) is 3.65. The number of nitrogens with zero attached hydrogens (tertiary/aromatic N) is 2. The number of hydrogen-bond acceptors (Lipinski definition) is 5. The normalized spacial score (nSPS) is 15.6. The predicted molar refractivity (Wildman–Crippen MR) is 112 cm³/mol. The van der Waals surface area contributed by atoms with Gasteiger partial charge in [-0.2, -0.15) is 0 Å². The van der Waals surface area contributed by atoms with E-state index in [-0.39, 0.29) is 11.4 Å². The summed E-state index contributed by atoms with van der Waals surface area (Å²) in [5.41, 5.74) is 3.89. The van der Waals surface area contributed by atoms with Crippen molar-refractivity contribution in [3.8, 4) is 11.4 Å². The van der Waals surface area contributed by atoms with Crippen LogP contribution >= 0.6 is 11.8 Å². The Morgan fingerprint density at radius 2 is 2.00 bits per heavy atom. The number of fused-ring (bicyclic) bond motifs is 1. The van der Waals surface area contributed by atoms with E-state index in [0.29, 0.717) is 6.61 Å². The van der Waals surface area contributed by atoms with Crippen LogP contribution in [0.2, 0.25) is 0 Å². The Bertz CT molecular complexity index is 1030. The van der Waals surface area contributed by atoms with Gasteiger partial charge in [-0.1, -0.05) is 20.8 Å². The number of esters is 1. The van der Waals surface area contributed by atoms with E-state index >= 15 is 0 Å². The van der Waals surface area contributed by atoms with Gasteiger partial charge in [0.1, 0.15) is 11.1 Å². The Morgan fingerprint density at radius 1 is 1.21 bits per heavy atom. The van der Waals surface area contributed by atoms with Crippen molar-refractivity contribution in [2.45, 2.75) is 55.6 Å². The van der Waals surface area contributed by atoms with Gasteiger partial charge in [-0.15, -0.1) is 11.8 Å². The molecule has 0 amide bonds. The highest BCUT2D eigenvalue weighted by molar-refractivity contribution is 8.01. The van der Waals surface area contributed by atoms with E-state index in [1.807, 2.05) is 13.0 Å². The summed E-state index contributed by atoms with van der Waals surface area (Å²) in [5.74, 6) is -0.0921. The fraction of sp³-hybridized carbons (Fsp3) is 0.409. The molecule has 0 unspecified atom stereocenters. The molecule has 1 saturated carbocycles. The molecule has 6 heteroatoms. The third-order valence-corrected chi connectivity index (χ3v) is 6.42. The van der Waals surface area contributed by atoms with Crippen LogP contribution in [0, 0.1) is 0 Å². The highest BCUT2D eigenvalue weighted by Crippen LogP contribution is 2.52. The van der Waals surface area contributed by atoms with E-state index in [1.165, 1.54) is 0 Å². The Labute approximate surface area is 169 Å². The van der Waals surface area contributed by atoms with E-state index < -0.39 is 4.75 Å². The van der Waals surface area contributed by atoms with Gasteiger partial charge in [0.05, 0.1) is 18.0 Å². The summed E-state index contributed by atoms with van der Waals surface area (Å²) in [6.07, 6.45) is 3.38. The summed E-state index contributed by atoms with van der Waals surface area (Å²) in [7, 11) is 0. The molecule has 5 nitrogen and oxygen atoms in total. The molecule has 1 fully saturated rings. The van der Waals surface area contributed by atoms with Crippen molar-refractivity contribution in [1.82, 2.24) is 15.0 Å². The monoisotopic (exact) mass is 395 g/mol. The van der Waals surface area contributed by atoms with Crippen LogP contribution in [0.25, 0.3) is 22.3 Å². The molecule has 1 aromatic carbocycles. The van der Waals surface area contributed by atoms with E-state index in [1.54, 1.807) is 18.1 Å². The van der Waals surface area contributed by atoms with Gasteiger partial charge >= 0.3 is 5.97 Å². The molecule has 0 saturated heterocycles. The van der Waals surface area contributed by atoms with Gasteiger partial charge in [0, 0.05) is 26.9 Å². The molecule has 1 aliphatic carbocycles. The standard InChI is InChI=1S/C22H25N3O2S/c1-5-27-20(26)22(8-9-22)28-15-6-7-16-14(10-15)11-18(25-16)17-12-19(21(2,3)4)24-13-23-17/h6-7,10-13,25H,5,8-9H2,1-4H3. The molecule has 0 atom stereocenters. The minimum absolute atomic E-state index is 0.0286. The van der Waals surface area contributed by atoms with Crippen molar-refractivity contribution in [2.75, 3.05) is 6.61 Å². The van der Waals surface area contributed by atoms with Crippen LogP contribution in [0.5, 0.6) is 0 Å². The highest BCUT2D eigenvalue weighted by atomic mass is 32.2. The molecular weight excluding hydrogens is 370 g/mol. The number of aromatic amines is 1. The van der Waals surface area contributed by atoms with Crippen LogP contribution in [-0.4, -0.2) is 32.3 Å². The van der Waals surface area contributed by atoms with Crippen LogP contribution in [-0.2, 0) is 14.9 Å². The Morgan fingerprint density at radius 3 is 2.68 bits per heavy atom. The summed E-state index contributed by atoms with van der Waals surface area (Å²) < 4.78 is 4.86. The molecular formula is C22H25N3O2S. The molecule has 3 aromatic rings. The number of benzene rings is 1. The van der Waals surface area contributed by atoms with Gasteiger partial charge in [-0.25, -0.2) is 9.97 Å². The summed E-state index contributed by atoms with van der Waals surface area (Å²) in [5, 5.41) is 1.11. The quantitative estimate of drug-likeness (QED) is 0.608. The van der Waals surface area contributed by atoms with Gasteiger partial charge in [-0.05, 0) is 50.1 Å². The first-order valence-electron chi connectivity index (χ1n) is 9.63. The molecule has 2 aromatic heterocycles. The Hall–Kier alpha value is -2.34. The maximum absolute atomic E-state index is 12.2. The number of carbonyl (C=O) groups excluding carboxylic acids is 1. The SMILES string of the molecule is CCOC(=O)C1(Sc2ccc3[nH]c(-c4cc(C(C)(C)C)ncn4)cc3c2)CC1. The second-order valence-corrected chi connectivity index (χ2v) is 9.74. The fourth-order valence-corrected chi connectivity index (χ4v) is 4.40. The summed E-state index contributed by atoms with van der Waals surface area (Å²) >= 11 is 1.62. The molecule has 1 N–H and O–H groups in total. The first-order chi connectivity index (χ1) is 13.3. The predicted octanol–water partition coefficient (Wildman–Crippen LogP) is 5.11. The summed E-state index contributed by atoms with van der Waals surface area (Å²) in [6.45, 7) is 8.71. The van der Waals surface area contributed by atoms with Crippen LogP contribution in [0.3, 0.4) is 0 Å². The van der Waals surface area contributed by atoms with Crippen LogP contribution < -0.4 is 0 Å². The smallest absolute Gasteiger partial charge is 0.322 e. The van der Waals surface area contributed by atoms with Crippen LogP contribution in [0.15, 0.2) is 41.6 Å². The molecule has 28 heavy (non-hydrogen) atoms. The number of rotatable bonds is 5.